The predicted octanol–water partition coefficient (Wildman–Crippen LogP) is 2.83. The molecule has 0 saturated heterocycles. The summed E-state index contributed by atoms with van der Waals surface area (Å²) in [6.07, 6.45) is 1.92. The van der Waals surface area contributed by atoms with Crippen molar-refractivity contribution in [3.05, 3.63) is 66.0 Å². The van der Waals surface area contributed by atoms with E-state index in [2.05, 4.69) is 4.98 Å². The molecule has 0 unspecified atom stereocenters. The van der Waals surface area contributed by atoms with Gasteiger partial charge in [0.25, 0.3) is 0 Å². The molecular weight excluding hydrogens is 268 g/mol. The number of carboxylic acid groups (broad SMARTS) is 1. The second-order valence-electron chi connectivity index (χ2n) is 4.67. The van der Waals surface area contributed by atoms with Gasteiger partial charge in [0.05, 0.1) is 6.04 Å². The van der Waals surface area contributed by atoms with Crippen LogP contribution in [0, 0.1) is 0 Å². The average Bonchev–Trinajstić information content (AvgIpc) is 2.53. The van der Waals surface area contributed by atoms with Crippen molar-refractivity contribution in [1.29, 1.82) is 0 Å². The number of amides is 1. The van der Waals surface area contributed by atoms with Crippen LogP contribution in [0.4, 0.5) is 4.79 Å². The highest BCUT2D eigenvalue weighted by atomic mass is 16.4. The highest BCUT2D eigenvalue weighted by molar-refractivity contribution is 6.00. The van der Waals surface area contributed by atoms with E-state index in [-0.39, 0.29) is 12.3 Å². The molecule has 1 heterocycles. The highest BCUT2D eigenvalue weighted by Gasteiger charge is 2.26. The molecule has 2 aromatic rings. The molecule has 5 nitrogen and oxygen atoms in total. The molecule has 0 saturated carbocycles. The van der Waals surface area contributed by atoms with Crippen molar-refractivity contribution in [1.82, 2.24) is 9.88 Å². The third-order valence-corrected chi connectivity index (χ3v) is 3.25. The minimum Gasteiger partial charge on any atom is -0.465 e. The lowest BCUT2D eigenvalue weighted by atomic mass is 10.1. The van der Waals surface area contributed by atoms with E-state index in [0.717, 1.165) is 10.5 Å². The first-order valence-corrected chi connectivity index (χ1v) is 6.57. The summed E-state index contributed by atoms with van der Waals surface area (Å²) in [5, 5.41) is 9.36. The minimum atomic E-state index is -1.12. The zero-order valence-electron chi connectivity index (χ0n) is 11.6. The summed E-state index contributed by atoms with van der Waals surface area (Å²) in [4.78, 5) is 28.8. The summed E-state index contributed by atoms with van der Waals surface area (Å²) in [5.74, 6) is -0.240. The number of rotatable bonds is 5. The Labute approximate surface area is 122 Å². The van der Waals surface area contributed by atoms with Gasteiger partial charge in [-0.1, -0.05) is 30.3 Å². The van der Waals surface area contributed by atoms with E-state index >= 15 is 0 Å². The number of aromatic nitrogens is 1. The van der Waals surface area contributed by atoms with E-state index in [9.17, 15) is 14.7 Å². The van der Waals surface area contributed by atoms with Crippen molar-refractivity contribution < 1.29 is 14.7 Å². The molecular formula is C16H16N2O3. The average molecular weight is 284 g/mol. The Balaban J connectivity index is 2.18. The number of hydrogen-bond donors (Lipinski definition) is 1. The molecule has 1 atom stereocenters. The van der Waals surface area contributed by atoms with Crippen LogP contribution in [0.2, 0.25) is 0 Å². The van der Waals surface area contributed by atoms with Gasteiger partial charge >= 0.3 is 6.09 Å². The minimum absolute atomic E-state index is 0.175. The van der Waals surface area contributed by atoms with Gasteiger partial charge in [0, 0.05) is 24.5 Å². The van der Waals surface area contributed by atoms with Crippen LogP contribution in [0.25, 0.3) is 0 Å². The van der Waals surface area contributed by atoms with Gasteiger partial charge in [0.2, 0.25) is 0 Å². The molecule has 0 aliphatic heterocycles. The van der Waals surface area contributed by atoms with Gasteiger partial charge < -0.3 is 5.11 Å². The molecule has 0 spiro atoms. The number of carbonyl (C=O) groups is 2. The molecule has 1 aromatic heterocycles. The van der Waals surface area contributed by atoms with Gasteiger partial charge in [-0.3, -0.25) is 14.7 Å². The molecule has 0 fully saturated rings. The molecule has 2 rings (SSSR count). The van der Waals surface area contributed by atoms with E-state index in [1.165, 1.54) is 12.4 Å². The Bertz CT molecular complexity index is 614. The van der Waals surface area contributed by atoms with Crippen molar-refractivity contribution in [3.8, 4) is 0 Å². The van der Waals surface area contributed by atoms with E-state index in [1.807, 2.05) is 30.3 Å². The summed E-state index contributed by atoms with van der Waals surface area (Å²) in [6.45, 7) is 1.77. The molecule has 1 amide bonds. The van der Waals surface area contributed by atoms with Gasteiger partial charge in [-0.2, -0.15) is 0 Å². The Kier molecular flexibility index (Phi) is 4.66. The molecule has 108 valence electrons. The normalized spacial score (nSPS) is 11.7. The number of ketones is 1. The molecule has 0 aliphatic rings. The lowest BCUT2D eigenvalue weighted by Gasteiger charge is -2.25. The number of nitrogens with zero attached hydrogens (tertiary/aromatic N) is 2. The number of pyridine rings is 1. The topological polar surface area (TPSA) is 70.5 Å². The first kappa shape index (κ1) is 14.7. The third-order valence-electron chi connectivity index (χ3n) is 3.25. The summed E-state index contributed by atoms with van der Waals surface area (Å²) in [6, 6.07) is 11.6. The maximum absolute atomic E-state index is 12.3. The SMILES string of the molecule is C[C@@H](C(=O)c1ccncc1)N(Cc1ccccc1)C(=O)O. The first-order valence-electron chi connectivity index (χ1n) is 6.57. The van der Waals surface area contributed by atoms with E-state index in [4.69, 9.17) is 0 Å². The monoisotopic (exact) mass is 284 g/mol. The zero-order chi connectivity index (χ0) is 15.2. The summed E-state index contributed by atoms with van der Waals surface area (Å²) in [7, 11) is 0. The highest BCUT2D eigenvalue weighted by Crippen LogP contribution is 2.13. The van der Waals surface area contributed by atoms with Crippen LogP contribution in [0.5, 0.6) is 0 Å². The summed E-state index contributed by atoms with van der Waals surface area (Å²) < 4.78 is 0. The lowest BCUT2D eigenvalue weighted by Crippen LogP contribution is -2.42. The van der Waals surface area contributed by atoms with Crippen LogP contribution >= 0.6 is 0 Å². The molecule has 1 aromatic carbocycles. The van der Waals surface area contributed by atoms with Crippen molar-refractivity contribution in [3.63, 3.8) is 0 Å². The Morgan fingerprint density at radius 1 is 1.14 bits per heavy atom. The van der Waals surface area contributed by atoms with Crippen molar-refractivity contribution in [2.45, 2.75) is 19.5 Å². The fourth-order valence-corrected chi connectivity index (χ4v) is 2.05. The zero-order valence-corrected chi connectivity index (χ0v) is 11.6. The van der Waals surface area contributed by atoms with Crippen LogP contribution in [-0.4, -0.2) is 32.9 Å². The van der Waals surface area contributed by atoms with Crippen LogP contribution in [0.15, 0.2) is 54.9 Å². The van der Waals surface area contributed by atoms with Gasteiger partial charge in [-0.25, -0.2) is 4.79 Å². The Hall–Kier alpha value is -2.69. The molecule has 21 heavy (non-hydrogen) atoms. The fraction of sp³-hybridized carbons (Fsp3) is 0.188. The second kappa shape index (κ2) is 6.65. The maximum atomic E-state index is 12.3. The van der Waals surface area contributed by atoms with E-state index in [1.54, 1.807) is 19.1 Å². The number of benzene rings is 1. The molecule has 0 radical (unpaired) electrons. The molecule has 0 bridgehead atoms. The van der Waals surface area contributed by atoms with Crippen LogP contribution in [0.1, 0.15) is 22.8 Å². The van der Waals surface area contributed by atoms with E-state index in [0.29, 0.717) is 5.56 Å². The predicted molar refractivity (Wildman–Crippen MR) is 78.0 cm³/mol. The standard InChI is InChI=1S/C16H16N2O3/c1-12(15(19)14-7-9-17-10-8-14)18(16(20)21)11-13-5-3-2-4-6-13/h2-10,12H,11H2,1H3,(H,20,21)/t12-/m0/s1. The van der Waals surface area contributed by atoms with Gasteiger partial charge in [0.15, 0.2) is 5.78 Å². The molecule has 5 heteroatoms. The van der Waals surface area contributed by atoms with Crippen molar-refractivity contribution >= 4 is 11.9 Å². The number of carbonyl (C=O) groups excluding carboxylic acids is 1. The fourth-order valence-electron chi connectivity index (χ4n) is 2.05. The molecule has 0 aliphatic carbocycles. The van der Waals surface area contributed by atoms with Crippen LogP contribution in [0.3, 0.4) is 0 Å². The Morgan fingerprint density at radius 2 is 1.76 bits per heavy atom. The smallest absolute Gasteiger partial charge is 0.408 e. The first-order chi connectivity index (χ1) is 10.1. The number of hydrogen-bond acceptors (Lipinski definition) is 3. The van der Waals surface area contributed by atoms with Crippen LogP contribution < -0.4 is 0 Å². The van der Waals surface area contributed by atoms with Crippen molar-refractivity contribution in [2.24, 2.45) is 0 Å². The third kappa shape index (κ3) is 3.66. The molecule has 1 N–H and O–H groups in total. The second-order valence-corrected chi connectivity index (χ2v) is 4.67. The lowest BCUT2D eigenvalue weighted by molar-refractivity contribution is 0.0796. The summed E-state index contributed by atoms with van der Waals surface area (Å²) in [5.41, 5.74) is 1.30. The largest absolute Gasteiger partial charge is 0.465 e. The van der Waals surface area contributed by atoms with Crippen molar-refractivity contribution in [2.75, 3.05) is 0 Å². The summed E-state index contributed by atoms with van der Waals surface area (Å²) >= 11 is 0. The van der Waals surface area contributed by atoms with Crippen LogP contribution in [-0.2, 0) is 6.54 Å². The number of Topliss-reactive ketones (excluding diaryl/α,β-unsaturated/α-hetero) is 1. The maximum Gasteiger partial charge on any atom is 0.408 e. The quantitative estimate of drug-likeness (QED) is 0.857. The van der Waals surface area contributed by atoms with E-state index < -0.39 is 12.1 Å². The Morgan fingerprint density at radius 3 is 2.33 bits per heavy atom. The van der Waals surface area contributed by atoms with Gasteiger partial charge in [-0.15, -0.1) is 0 Å². The van der Waals surface area contributed by atoms with Gasteiger partial charge in [0.1, 0.15) is 0 Å². The van der Waals surface area contributed by atoms with Gasteiger partial charge in [-0.05, 0) is 24.6 Å².